The first-order valence-corrected chi connectivity index (χ1v) is 11.3. The Morgan fingerprint density at radius 2 is 1.90 bits per heavy atom. The van der Waals surface area contributed by atoms with Crippen LogP contribution in [0.2, 0.25) is 0 Å². The number of benzene rings is 1. The highest BCUT2D eigenvalue weighted by molar-refractivity contribution is 5.68. The van der Waals surface area contributed by atoms with E-state index in [1.54, 1.807) is 7.11 Å². The summed E-state index contributed by atoms with van der Waals surface area (Å²) in [7, 11) is 1.70. The van der Waals surface area contributed by atoms with E-state index in [2.05, 4.69) is 40.9 Å². The molecule has 0 bridgehead atoms. The Bertz CT molecular complexity index is 759. The number of aliphatic hydroxyl groups is 1. The third kappa shape index (κ3) is 7.04. The first kappa shape index (κ1) is 23.7. The summed E-state index contributed by atoms with van der Waals surface area (Å²) in [4.78, 5) is 4.48. The first-order chi connectivity index (χ1) is 15.1. The number of anilines is 1. The number of ether oxygens (including phenoxy) is 2. The van der Waals surface area contributed by atoms with Crippen LogP contribution in [-0.4, -0.2) is 74.4 Å². The number of aromatic nitrogens is 1. The molecule has 2 aromatic rings. The zero-order valence-electron chi connectivity index (χ0n) is 19.1. The molecule has 172 valence electrons. The standard InChI is InChI=1S/C24H37N3O4/c1-19(2)17-30-18-21(28)15-26(13-14-29-3)16-22-23(20-9-5-4-6-10-20)25-31-24(22)27-11-7-8-12-27/h4-6,9-10,19,21,28H,7-8,11-18H2,1-3H3/t21-/m1/s1. The molecular weight excluding hydrogens is 394 g/mol. The lowest BCUT2D eigenvalue weighted by Gasteiger charge is -2.26. The minimum absolute atomic E-state index is 0.329. The Morgan fingerprint density at radius 1 is 1.16 bits per heavy atom. The van der Waals surface area contributed by atoms with Gasteiger partial charge in [0.1, 0.15) is 5.69 Å². The van der Waals surface area contributed by atoms with Crippen LogP contribution in [0.1, 0.15) is 32.3 Å². The van der Waals surface area contributed by atoms with Crippen molar-refractivity contribution in [3.05, 3.63) is 35.9 Å². The number of hydrogen-bond donors (Lipinski definition) is 1. The number of hydrogen-bond acceptors (Lipinski definition) is 7. The van der Waals surface area contributed by atoms with Crippen LogP contribution in [0.15, 0.2) is 34.9 Å². The molecule has 7 nitrogen and oxygen atoms in total. The molecule has 1 aliphatic heterocycles. The van der Waals surface area contributed by atoms with Crippen LogP contribution in [0, 0.1) is 5.92 Å². The van der Waals surface area contributed by atoms with E-state index in [1.807, 2.05) is 18.2 Å². The Morgan fingerprint density at radius 3 is 2.58 bits per heavy atom. The Balaban J connectivity index is 1.78. The molecule has 1 aromatic carbocycles. The van der Waals surface area contributed by atoms with Gasteiger partial charge in [0.2, 0.25) is 5.88 Å². The minimum Gasteiger partial charge on any atom is -0.389 e. The van der Waals surface area contributed by atoms with Crippen molar-refractivity contribution < 1.29 is 19.1 Å². The molecule has 31 heavy (non-hydrogen) atoms. The van der Waals surface area contributed by atoms with Crippen molar-refractivity contribution in [1.29, 1.82) is 0 Å². The normalized spacial score (nSPS) is 15.4. The van der Waals surface area contributed by atoms with Crippen LogP contribution < -0.4 is 4.90 Å². The van der Waals surface area contributed by atoms with Gasteiger partial charge in [0, 0.05) is 52.0 Å². The lowest BCUT2D eigenvalue weighted by Crippen LogP contribution is -2.37. The topological polar surface area (TPSA) is 71.2 Å². The van der Waals surface area contributed by atoms with Gasteiger partial charge in [0.05, 0.1) is 24.9 Å². The van der Waals surface area contributed by atoms with Crippen molar-refractivity contribution in [2.24, 2.45) is 5.92 Å². The molecule has 7 heteroatoms. The smallest absolute Gasteiger partial charge is 0.232 e. The van der Waals surface area contributed by atoms with E-state index >= 15 is 0 Å². The summed E-state index contributed by atoms with van der Waals surface area (Å²) in [5, 5.41) is 15.0. The van der Waals surface area contributed by atoms with Gasteiger partial charge in [0.25, 0.3) is 0 Å². The molecule has 0 saturated carbocycles. The van der Waals surface area contributed by atoms with Crippen LogP contribution in [0.5, 0.6) is 0 Å². The van der Waals surface area contributed by atoms with Crippen molar-refractivity contribution in [2.45, 2.75) is 39.3 Å². The Labute approximate surface area is 185 Å². The molecule has 1 aliphatic rings. The maximum absolute atomic E-state index is 10.6. The summed E-state index contributed by atoms with van der Waals surface area (Å²) in [6.07, 6.45) is 1.77. The van der Waals surface area contributed by atoms with E-state index in [0.29, 0.717) is 45.4 Å². The summed E-state index contributed by atoms with van der Waals surface area (Å²) in [5.74, 6) is 1.30. The summed E-state index contributed by atoms with van der Waals surface area (Å²) in [6.45, 7) is 9.59. The van der Waals surface area contributed by atoms with Crippen molar-refractivity contribution in [1.82, 2.24) is 10.1 Å². The second kappa shape index (κ2) is 12.2. The SMILES string of the molecule is COCCN(Cc1c(-c2ccccc2)noc1N1CCCC1)C[C@@H](O)COCC(C)C. The minimum atomic E-state index is -0.564. The molecule has 1 saturated heterocycles. The number of nitrogens with zero attached hydrogens (tertiary/aromatic N) is 3. The van der Waals surface area contributed by atoms with Crippen molar-refractivity contribution in [3.8, 4) is 11.3 Å². The zero-order chi connectivity index (χ0) is 22.1. The summed E-state index contributed by atoms with van der Waals surface area (Å²) in [6, 6.07) is 10.2. The van der Waals surface area contributed by atoms with E-state index in [-0.39, 0.29) is 0 Å². The molecule has 2 heterocycles. The van der Waals surface area contributed by atoms with Gasteiger partial charge in [-0.3, -0.25) is 4.90 Å². The molecule has 0 aliphatic carbocycles. The lowest BCUT2D eigenvalue weighted by atomic mass is 10.1. The fourth-order valence-electron chi connectivity index (χ4n) is 3.90. The molecule has 1 fully saturated rings. The number of methoxy groups -OCH3 is 1. The summed E-state index contributed by atoms with van der Waals surface area (Å²) in [5.41, 5.74) is 2.98. The maximum Gasteiger partial charge on any atom is 0.232 e. The monoisotopic (exact) mass is 431 g/mol. The van der Waals surface area contributed by atoms with E-state index in [4.69, 9.17) is 14.0 Å². The van der Waals surface area contributed by atoms with E-state index in [1.165, 1.54) is 12.8 Å². The molecule has 0 unspecified atom stereocenters. The first-order valence-electron chi connectivity index (χ1n) is 11.3. The number of aliphatic hydroxyl groups excluding tert-OH is 1. The fraction of sp³-hybridized carbons (Fsp3) is 0.625. The quantitative estimate of drug-likeness (QED) is 0.521. The average Bonchev–Trinajstić information content (AvgIpc) is 3.42. The van der Waals surface area contributed by atoms with Crippen molar-refractivity contribution >= 4 is 5.88 Å². The van der Waals surface area contributed by atoms with Crippen molar-refractivity contribution in [2.75, 3.05) is 58.0 Å². The van der Waals surface area contributed by atoms with E-state index < -0.39 is 6.10 Å². The predicted octanol–water partition coefficient (Wildman–Crippen LogP) is 3.42. The molecule has 1 aromatic heterocycles. The van der Waals surface area contributed by atoms with Gasteiger partial charge in [-0.2, -0.15) is 0 Å². The van der Waals surface area contributed by atoms with Gasteiger partial charge >= 0.3 is 0 Å². The van der Waals surface area contributed by atoms with Crippen LogP contribution in [0.25, 0.3) is 11.3 Å². The highest BCUT2D eigenvalue weighted by Crippen LogP contribution is 2.34. The highest BCUT2D eigenvalue weighted by atomic mass is 16.5. The zero-order valence-corrected chi connectivity index (χ0v) is 19.1. The molecule has 1 N–H and O–H groups in total. The summed E-state index contributed by atoms with van der Waals surface area (Å²) < 4.78 is 16.8. The predicted molar refractivity (Wildman–Crippen MR) is 122 cm³/mol. The van der Waals surface area contributed by atoms with Gasteiger partial charge in [-0.1, -0.05) is 49.3 Å². The molecule has 0 spiro atoms. The van der Waals surface area contributed by atoms with Gasteiger partial charge in [-0.25, -0.2) is 0 Å². The van der Waals surface area contributed by atoms with Gasteiger partial charge in [0.15, 0.2) is 0 Å². The summed E-state index contributed by atoms with van der Waals surface area (Å²) >= 11 is 0. The van der Waals surface area contributed by atoms with E-state index in [9.17, 15) is 5.11 Å². The maximum atomic E-state index is 10.6. The Kier molecular flexibility index (Phi) is 9.33. The molecule has 1 atom stereocenters. The van der Waals surface area contributed by atoms with E-state index in [0.717, 1.165) is 35.8 Å². The van der Waals surface area contributed by atoms with Crippen LogP contribution in [-0.2, 0) is 16.0 Å². The van der Waals surface area contributed by atoms with Crippen LogP contribution in [0.4, 0.5) is 5.88 Å². The Hall–Kier alpha value is -1.93. The largest absolute Gasteiger partial charge is 0.389 e. The molecule has 0 amide bonds. The van der Waals surface area contributed by atoms with Crippen molar-refractivity contribution in [3.63, 3.8) is 0 Å². The third-order valence-electron chi connectivity index (χ3n) is 5.43. The second-order valence-corrected chi connectivity index (χ2v) is 8.69. The van der Waals surface area contributed by atoms with Crippen LogP contribution in [0.3, 0.4) is 0 Å². The average molecular weight is 432 g/mol. The van der Waals surface area contributed by atoms with Gasteiger partial charge in [-0.15, -0.1) is 0 Å². The van der Waals surface area contributed by atoms with Gasteiger partial charge in [-0.05, 0) is 18.8 Å². The highest BCUT2D eigenvalue weighted by Gasteiger charge is 2.26. The lowest BCUT2D eigenvalue weighted by molar-refractivity contribution is 0.00338. The second-order valence-electron chi connectivity index (χ2n) is 8.69. The molecule has 0 radical (unpaired) electrons. The van der Waals surface area contributed by atoms with Gasteiger partial charge < -0.3 is 24.0 Å². The third-order valence-corrected chi connectivity index (χ3v) is 5.43. The molecule has 3 rings (SSSR count). The number of rotatable bonds is 13. The van der Waals surface area contributed by atoms with Crippen LogP contribution >= 0.6 is 0 Å². The molecular formula is C24H37N3O4. The fourth-order valence-corrected chi connectivity index (χ4v) is 3.90.